The Morgan fingerprint density at radius 3 is 2.57 bits per heavy atom. The molecule has 1 heterocycles. The molecule has 0 saturated carbocycles. The summed E-state index contributed by atoms with van der Waals surface area (Å²) in [5.41, 5.74) is 2.46. The number of nitrogens with one attached hydrogen (secondary N) is 1. The third-order valence-electron chi connectivity index (χ3n) is 4.68. The van der Waals surface area contributed by atoms with Crippen molar-refractivity contribution in [2.24, 2.45) is 0 Å². The first kappa shape index (κ1) is 19.4. The zero-order chi connectivity index (χ0) is 21.3. The number of nitrogens with zero attached hydrogens (tertiary/aromatic N) is 1. The highest BCUT2D eigenvalue weighted by Crippen LogP contribution is 2.39. The molecule has 0 atom stereocenters. The number of rotatable bonds is 4. The van der Waals surface area contributed by atoms with Crippen LogP contribution in [0, 0.1) is 12.7 Å². The summed E-state index contributed by atoms with van der Waals surface area (Å²) in [6.07, 6.45) is 0. The number of hydrogen-bond acceptors (Lipinski definition) is 4. The van der Waals surface area contributed by atoms with Gasteiger partial charge in [-0.25, -0.2) is 4.39 Å². The predicted octanol–water partition coefficient (Wildman–Crippen LogP) is 4.53. The number of carbonyl (C=O) groups is 2. The molecule has 2 amide bonds. The molecule has 6 nitrogen and oxygen atoms in total. The van der Waals surface area contributed by atoms with Gasteiger partial charge in [0, 0.05) is 12.7 Å². The smallest absolute Gasteiger partial charge is 0.262 e. The molecule has 0 aliphatic carbocycles. The van der Waals surface area contributed by atoms with Crippen LogP contribution >= 0.6 is 0 Å². The van der Waals surface area contributed by atoms with Gasteiger partial charge in [0.2, 0.25) is 0 Å². The first-order chi connectivity index (χ1) is 14.4. The van der Waals surface area contributed by atoms with Crippen molar-refractivity contribution in [3.05, 3.63) is 77.6 Å². The summed E-state index contributed by atoms with van der Waals surface area (Å²) in [5.74, 6) is 0.342. The predicted molar refractivity (Wildman–Crippen MR) is 111 cm³/mol. The van der Waals surface area contributed by atoms with Gasteiger partial charge < -0.3 is 19.7 Å². The van der Waals surface area contributed by atoms with Crippen molar-refractivity contribution >= 4 is 23.2 Å². The molecule has 7 heteroatoms. The Morgan fingerprint density at radius 1 is 1.07 bits per heavy atom. The van der Waals surface area contributed by atoms with Crippen LogP contribution in [-0.4, -0.2) is 25.5 Å². The van der Waals surface area contributed by atoms with Crippen LogP contribution in [0.15, 0.2) is 60.7 Å². The van der Waals surface area contributed by atoms with Gasteiger partial charge >= 0.3 is 0 Å². The summed E-state index contributed by atoms with van der Waals surface area (Å²) in [6.45, 7) is 1.69. The van der Waals surface area contributed by atoms with Gasteiger partial charge in [0.15, 0.2) is 12.4 Å². The van der Waals surface area contributed by atoms with Crippen LogP contribution in [0.25, 0.3) is 0 Å². The van der Waals surface area contributed by atoms with E-state index in [1.807, 2.05) is 25.1 Å². The van der Waals surface area contributed by atoms with E-state index in [0.717, 1.165) is 5.56 Å². The number of aryl methyl sites for hydroxylation is 1. The largest absolute Gasteiger partial charge is 0.484 e. The summed E-state index contributed by atoms with van der Waals surface area (Å²) in [5, 5.41) is 2.70. The van der Waals surface area contributed by atoms with Crippen LogP contribution in [0.4, 0.5) is 15.8 Å². The maximum atomic E-state index is 13.0. The number of amides is 2. The average molecular weight is 406 g/mol. The molecular weight excluding hydrogens is 387 g/mol. The highest BCUT2D eigenvalue weighted by atomic mass is 19.1. The molecule has 1 aliphatic rings. The van der Waals surface area contributed by atoms with Crippen LogP contribution in [-0.2, 0) is 4.79 Å². The topological polar surface area (TPSA) is 67.9 Å². The van der Waals surface area contributed by atoms with Gasteiger partial charge in [-0.05, 0) is 67.1 Å². The molecule has 30 heavy (non-hydrogen) atoms. The van der Waals surface area contributed by atoms with Crippen molar-refractivity contribution < 1.29 is 23.5 Å². The summed E-state index contributed by atoms with van der Waals surface area (Å²) >= 11 is 0. The van der Waals surface area contributed by atoms with Gasteiger partial charge in [-0.3, -0.25) is 9.59 Å². The molecule has 0 aromatic heterocycles. The van der Waals surface area contributed by atoms with Crippen molar-refractivity contribution in [1.82, 2.24) is 0 Å². The van der Waals surface area contributed by atoms with E-state index < -0.39 is 5.91 Å². The number of anilines is 2. The summed E-state index contributed by atoms with van der Waals surface area (Å²) in [4.78, 5) is 26.7. The fraction of sp³-hybridized carbons (Fsp3) is 0.130. The number of fused-ring (bicyclic) bond motifs is 2. The van der Waals surface area contributed by atoms with Crippen molar-refractivity contribution in [3.8, 4) is 17.2 Å². The first-order valence-corrected chi connectivity index (χ1v) is 9.29. The van der Waals surface area contributed by atoms with Gasteiger partial charge in [-0.2, -0.15) is 0 Å². The van der Waals surface area contributed by atoms with Gasteiger partial charge in [-0.15, -0.1) is 0 Å². The second-order valence-electron chi connectivity index (χ2n) is 6.94. The van der Waals surface area contributed by atoms with Gasteiger partial charge in [-0.1, -0.05) is 6.07 Å². The molecule has 0 spiro atoms. The number of benzene rings is 3. The third-order valence-corrected chi connectivity index (χ3v) is 4.68. The Bertz CT molecular complexity index is 1130. The molecule has 0 radical (unpaired) electrons. The summed E-state index contributed by atoms with van der Waals surface area (Å²) in [7, 11) is 1.68. The standard InChI is InChI=1S/C23H19FN2O4/c1-14-3-9-21-19(11-14)26(2)23(28)18-12-16(6-10-20(18)30-21)25-22(27)13-29-17-7-4-15(24)5-8-17/h3-12H,13H2,1-2H3,(H,25,27). The zero-order valence-corrected chi connectivity index (χ0v) is 16.4. The van der Waals surface area contributed by atoms with E-state index in [2.05, 4.69) is 5.32 Å². The molecule has 4 rings (SSSR count). The lowest BCUT2D eigenvalue weighted by molar-refractivity contribution is -0.118. The summed E-state index contributed by atoms with van der Waals surface area (Å²) < 4.78 is 24.2. The van der Waals surface area contributed by atoms with E-state index in [9.17, 15) is 14.0 Å². The minimum Gasteiger partial charge on any atom is -0.484 e. The zero-order valence-electron chi connectivity index (χ0n) is 16.4. The lowest BCUT2D eigenvalue weighted by Gasteiger charge is -2.16. The molecule has 0 saturated heterocycles. The molecule has 3 aromatic rings. The fourth-order valence-electron chi connectivity index (χ4n) is 3.13. The second kappa shape index (κ2) is 7.87. The molecular formula is C23H19FN2O4. The SMILES string of the molecule is Cc1ccc2c(c1)N(C)C(=O)c1cc(NC(=O)COc3ccc(F)cc3)ccc1O2. The van der Waals surface area contributed by atoms with E-state index >= 15 is 0 Å². The maximum absolute atomic E-state index is 13.0. The van der Waals surface area contributed by atoms with Crippen LogP contribution < -0.4 is 19.7 Å². The molecule has 0 fully saturated rings. The van der Waals surface area contributed by atoms with Gasteiger partial charge in [0.05, 0.1) is 11.3 Å². The number of halogens is 1. The Morgan fingerprint density at radius 2 is 1.80 bits per heavy atom. The number of hydrogen-bond donors (Lipinski definition) is 1. The molecule has 0 bridgehead atoms. The molecule has 0 unspecified atom stereocenters. The van der Waals surface area contributed by atoms with Crippen LogP contribution in [0.5, 0.6) is 17.2 Å². The van der Waals surface area contributed by atoms with Crippen molar-refractivity contribution in [1.29, 1.82) is 0 Å². The second-order valence-corrected chi connectivity index (χ2v) is 6.94. The highest BCUT2D eigenvalue weighted by Gasteiger charge is 2.26. The monoisotopic (exact) mass is 406 g/mol. The van der Waals surface area contributed by atoms with E-state index in [1.165, 1.54) is 29.2 Å². The van der Waals surface area contributed by atoms with Gasteiger partial charge in [0.1, 0.15) is 17.3 Å². The van der Waals surface area contributed by atoms with Crippen molar-refractivity contribution in [3.63, 3.8) is 0 Å². The van der Waals surface area contributed by atoms with Crippen LogP contribution in [0.3, 0.4) is 0 Å². The average Bonchev–Trinajstić information content (AvgIpc) is 2.83. The van der Waals surface area contributed by atoms with Crippen LogP contribution in [0.1, 0.15) is 15.9 Å². The minimum absolute atomic E-state index is 0.243. The maximum Gasteiger partial charge on any atom is 0.262 e. The van der Waals surface area contributed by atoms with Crippen LogP contribution in [0.2, 0.25) is 0 Å². The molecule has 1 aliphatic heterocycles. The lowest BCUT2D eigenvalue weighted by Crippen LogP contribution is -2.25. The van der Waals surface area contributed by atoms with Crippen molar-refractivity contribution in [2.45, 2.75) is 6.92 Å². The van der Waals surface area contributed by atoms with Crippen molar-refractivity contribution in [2.75, 3.05) is 23.9 Å². The Labute approximate surface area is 172 Å². The Balaban J connectivity index is 1.50. The lowest BCUT2D eigenvalue weighted by atomic mass is 10.1. The van der Waals surface area contributed by atoms with E-state index in [0.29, 0.717) is 34.2 Å². The molecule has 152 valence electrons. The van der Waals surface area contributed by atoms with E-state index in [1.54, 1.807) is 25.2 Å². The number of carbonyl (C=O) groups excluding carboxylic acids is 2. The summed E-state index contributed by atoms with van der Waals surface area (Å²) in [6, 6.07) is 15.9. The van der Waals surface area contributed by atoms with Gasteiger partial charge in [0.25, 0.3) is 11.8 Å². The van der Waals surface area contributed by atoms with E-state index in [-0.39, 0.29) is 18.3 Å². The fourth-order valence-corrected chi connectivity index (χ4v) is 3.13. The first-order valence-electron chi connectivity index (χ1n) is 9.29. The van der Waals surface area contributed by atoms with E-state index in [4.69, 9.17) is 9.47 Å². The molecule has 1 N–H and O–H groups in total. The highest BCUT2D eigenvalue weighted by molar-refractivity contribution is 6.10. The molecule has 3 aromatic carbocycles. The normalized spacial score (nSPS) is 12.4. The quantitative estimate of drug-likeness (QED) is 0.691. The Kier molecular flexibility index (Phi) is 5.10. The third kappa shape index (κ3) is 3.96. The minimum atomic E-state index is -0.409. The Hall–Kier alpha value is -3.87. The number of ether oxygens (including phenoxy) is 2.